The Kier molecular flexibility index (Phi) is 4.60. The van der Waals surface area contributed by atoms with Crippen molar-refractivity contribution in [3.05, 3.63) is 30.1 Å². The first-order chi connectivity index (χ1) is 11.5. The topological polar surface area (TPSA) is 47.4 Å². The molecular weight excluding hydrogens is 302 g/mol. The van der Waals surface area contributed by atoms with Crippen LogP contribution in [-0.2, 0) is 18.3 Å². The van der Waals surface area contributed by atoms with Gasteiger partial charge in [-0.2, -0.15) is 5.10 Å². The quantitative estimate of drug-likeness (QED) is 0.862. The SMILES string of the molecule is CCCOc1c(-c2cnn(C)c2)ccc2c1CCC(C)N2C(C)=O. The molecular formula is C19H25N3O2. The fourth-order valence-electron chi connectivity index (χ4n) is 3.44. The molecule has 0 bridgehead atoms. The molecule has 1 aliphatic rings. The molecule has 1 aromatic carbocycles. The maximum atomic E-state index is 12.1. The van der Waals surface area contributed by atoms with Crippen LogP contribution >= 0.6 is 0 Å². The minimum atomic E-state index is 0.0824. The summed E-state index contributed by atoms with van der Waals surface area (Å²) in [5.74, 6) is 0.986. The maximum Gasteiger partial charge on any atom is 0.224 e. The van der Waals surface area contributed by atoms with Gasteiger partial charge in [-0.25, -0.2) is 0 Å². The van der Waals surface area contributed by atoms with Crippen molar-refractivity contribution >= 4 is 11.6 Å². The summed E-state index contributed by atoms with van der Waals surface area (Å²) in [6.45, 7) is 6.50. The van der Waals surface area contributed by atoms with Crippen molar-refractivity contribution in [1.82, 2.24) is 9.78 Å². The van der Waals surface area contributed by atoms with Gasteiger partial charge in [0.15, 0.2) is 0 Å². The van der Waals surface area contributed by atoms with E-state index >= 15 is 0 Å². The number of hydrogen-bond acceptors (Lipinski definition) is 3. The summed E-state index contributed by atoms with van der Waals surface area (Å²) in [6.07, 6.45) is 6.67. The highest BCUT2D eigenvalue weighted by Crippen LogP contribution is 2.42. The number of ether oxygens (including phenoxy) is 1. The lowest BCUT2D eigenvalue weighted by Gasteiger charge is -2.36. The molecule has 5 heteroatoms. The van der Waals surface area contributed by atoms with E-state index < -0.39 is 0 Å². The Bertz CT molecular complexity index is 751. The zero-order chi connectivity index (χ0) is 17.3. The van der Waals surface area contributed by atoms with Gasteiger partial charge in [0.25, 0.3) is 0 Å². The number of carbonyl (C=O) groups excluding carboxylic acids is 1. The second kappa shape index (κ2) is 6.67. The molecule has 3 rings (SSSR count). The molecule has 1 unspecified atom stereocenters. The van der Waals surface area contributed by atoms with E-state index in [0.717, 1.165) is 47.4 Å². The van der Waals surface area contributed by atoms with Crippen LogP contribution in [0.1, 0.15) is 39.2 Å². The molecule has 0 spiro atoms. The van der Waals surface area contributed by atoms with E-state index in [2.05, 4.69) is 25.0 Å². The van der Waals surface area contributed by atoms with Gasteiger partial charge in [-0.1, -0.05) is 6.92 Å². The van der Waals surface area contributed by atoms with Gasteiger partial charge in [-0.05, 0) is 38.3 Å². The number of nitrogens with zero attached hydrogens (tertiary/aromatic N) is 3. The van der Waals surface area contributed by atoms with Crippen LogP contribution in [0.5, 0.6) is 5.75 Å². The summed E-state index contributed by atoms with van der Waals surface area (Å²) in [4.78, 5) is 14.0. The van der Waals surface area contributed by atoms with Crippen LogP contribution in [0.3, 0.4) is 0 Å². The van der Waals surface area contributed by atoms with Crippen LogP contribution in [0.15, 0.2) is 24.5 Å². The lowest BCUT2D eigenvalue weighted by atomic mass is 9.92. The molecule has 0 N–H and O–H groups in total. The summed E-state index contributed by atoms with van der Waals surface area (Å²) >= 11 is 0. The molecule has 0 fully saturated rings. The number of fused-ring (bicyclic) bond motifs is 1. The largest absolute Gasteiger partial charge is 0.493 e. The predicted octanol–water partition coefficient (Wildman–Crippen LogP) is 3.56. The van der Waals surface area contributed by atoms with Crippen molar-refractivity contribution in [2.45, 2.75) is 46.1 Å². The summed E-state index contributed by atoms with van der Waals surface area (Å²) < 4.78 is 7.93. The number of aromatic nitrogens is 2. The first-order valence-corrected chi connectivity index (χ1v) is 8.60. The normalized spacial score (nSPS) is 16.8. The van der Waals surface area contributed by atoms with Crippen LogP contribution in [-0.4, -0.2) is 28.3 Å². The first-order valence-electron chi connectivity index (χ1n) is 8.60. The molecule has 1 aromatic heterocycles. The molecule has 2 heterocycles. The number of amides is 1. The van der Waals surface area contributed by atoms with Gasteiger partial charge < -0.3 is 9.64 Å². The standard InChI is InChI=1S/C19H25N3O2/c1-5-10-24-19-16(15-11-20-21(4)12-15)8-9-18-17(19)7-6-13(2)22(18)14(3)23/h8-9,11-13H,5-7,10H2,1-4H3. The Morgan fingerprint density at radius 2 is 2.21 bits per heavy atom. The van der Waals surface area contributed by atoms with E-state index in [1.807, 2.05) is 30.4 Å². The first kappa shape index (κ1) is 16.6. The fraction of sp³-hybridized carbons (Fsp3) is 0.474. The molecule has 0 saturated heterocycles. The summed E-state index contributed by atoms with van der Waals surface area (Å²) in [5.41, 5.74) is 4.21. The second-order valence-electron chi connectivity index (χ2n) is 6.47. The fourth-order valence-corrected chi connectivity index (χ4v) is 3.44. The maximum absolute atomic E-state index is 12.1. The van der Waals surface area contributed by atoms with E-state index in [9.17, 15) is 4.79 Å². The monoisotopic (exact) mass is 327 g/mol. The molecule has 5 nitrogen and oxygen atoms in total. The number of aryl methyl sites for hydroxylation is 1. The smallest absolute Gasteiger partial charge is 0.224 e. The molecule has 0 aliphatic carbocycles. The van der Waals surface area contributed by atoms with E-state index in [-0.39, 0.29) is 11.9 Å². The van der Waals surface area contributed by atoms with Crippen LogP contribution in [0, 0.1) is 0 Å². The Balaban J connectivity index is 2.14. The number of hydrogen-bond donors (Lipinski definition) is 0. The van der Waals surface area contributed by atoms with E-state index in [0.29, 0.717) is 6.61 Å². The number of carbonyl (C=O) groups is 1. The zero-order valence-electron chi connectivity index (χ0n) is 14.9. The lowest BCUT2D eigenvalue weighted by Crippen LogP contribution is -2.40. The van der Waals surface area contributed by atoms with Gasteiger partial charge in [0.05, 0.1) is 18.5 Å². The number of anilines is 1. The van der Waals surface area contributed by atoms with Crippen molar-refractivity contribution in [2.24, 2.45) is 7.05 Å². The highest BCUT2D eigenvalue weighted by atomic mass is 16.5. The van der Waals surface area contributed by atoms with Gasteiger partial charge in [0.2, 0.25) is 5.91 Å². The average molecular weight is 327 g/mol. The lowest BCUT2D eigenvalue weighted by molar-refractivity contribution is -0.117. The van der Waals surface area contributed by atoms with Gasteiger partial charge >= 0.3 is 0 Å². The molecule has 128 valence electrons. The van der Waals surface area contributed by atoms with E-state index in [4.69, 9.17) is 4.74 Å². The van der Waals surface area contributed by atoms with Crippen LogP contribution < -0.4 is 9.64 Å². The molecule has 1 atom stereocenters. The minimum Gasteiger partial charge on any atom is -0.493 e. The third-order valence-corrected chi connectivity index (χ3v) is 4.55. The molecule has 24 heavy (non-hydrogen) atoms. The predicted molar refractivity (Wildman–Crippen MR) is 95.4 cm³/mol. The summed E-state index contributed by atoms with van der Waals surface area (Å²) in [7, 11) is 1.91. The summed E-state index contributed by atoms with van der Waals surface area (Å²) in [5, 5.41) is 4.28. The van der Waals surface area contributed by atoms with Crippen molar-refractivity contribution in [3.8, 4) is 16.9 Å². The van der Waals surface area contributed by atoms with Gasteiger partial charge in [-0.15, -0.1) is 0 Å². The Morgan fingerprint density at radius 1 is 1.42 bits per heavy atom. The highest BCUT2D eigenvalue weighted by Gasteiger charge is 2.29. The van der Waals surface area contributed by atoms with E-state index in [1.54, 1.807) is 11.6 Å². The van der Waals surface area contributed by atoms with Gasteiger partial charge in [-0.3, -0.25) is 9.48 Å². The van der Waals surface area contributed by atoms with Gasteiger partial charge in [0.1, 0.15) is 5.75 Å². The molecule has 0 radical (unpaired) electrons. The third-order valence-electron chi connectivity index (χ3n) is 4.55. The molecule has 1 aliphatic heterocycles. The average Bonchev–Trinajstić information content (AvgIpc) is 2.98. The van der Waals surface area contributed by atoms with Crippen molar-refractivity contribution in [1.29, 1.82) is 0 Å². The summed E-state index contributed by atoms with van der Waals surface area (Å²) in [6, 6.07) is 4.32. The Labute approximate surface area is 143 Å². The van der Waals surface area contributed by atoms with Crippen molar-refractivity contribution in [3.63, 3.8) is 0 Å². The van der Waals surface area contributed by atoms with Gasteiger partial charge in [0, 0.05) is 42.9 Å². The van der Waals surface area contributed by atoms with Crippen LogP contribution in [0.2, 0.25) is 0 Å². The Morgan fingerprint density at radius 3 is 2.83 bits per heavy atom. The van der Waals surface area contributed by atoms with Crippen LogP contribution in [0.25, 0.3) is 11.1 Å². The van der Waals surface area contributed by atoms with E-state index in [1.165, 1.54) is 0 Å². The van der Waals surface area contributed by atoms with Crippen molar-refractivity contribution < 1.29 is 9.53 Å². The second-order valence-corrected chi connectivity index (χ2v) is 6.47. The van der Waals surface area contributed by atoms with Crippen molar-refractivity contribution in [2.75, 3.05) is 11.5 Å². The number of rotatable bonds is 4. The third kappa shape index (κ3) is 2.90. The Hall–Kier alpha value is -2.30. The highest BCUT2D eigenvalue weighted by molar-refractivity contribution is 5.95. The molecule has 0 saturated carbocycles. The zero-order valence-corrected chi connectivity index (χ0v) is 14.9. The minimum absolute atomic E-state index is 0.0824. The number of benzene rings is 1. The molecule has 2 aromatic rings. The van der Waals surface area contributed by atoms with Crippen LogP contribution in [0.4, 0.5) is 5.69 Å². The molecule has 1 amide bonds.